The molecule has 2 heterocycles. The van der Waals surface area contributed by atoms with Crippen LogP contribution >= 0.6 is 0 Å². The van der Waals surface area contributed by atoms with Crippen LogP contribution in [0.4, 0.5) is 5.82 Å². The Bertz CT molecular complexity index is 708. The number of hydrogen-bond donors (Lipinski definition) is 1. The van der Waals surface area contributed by atoms with Gasteiger partial charge in [-0.25, -0.2) is 18.5 Å². The van der Waals surface area contributed by atoms with Crippen molar-refractivity contribution in [2.75, 3.05) is 25.0 Å². The summed E-state index contributed by atoms with van der Waals surface area (Å²) in [5, 5.41) is 5.11. The molecule has 2 N–H and O–H groups in total. The fourth-order valence-corrected chi connectivity index (χ4v) is 4.72. The Morgan fingerprint density at radius 3 is 2.46 bits per heavy atom. The van der Waals surface area contributed by atoms with Crippen molar-refractivity contribution in [3.05, 3.63) is 18.3 Å². The van der Waals surface area contributed by atoms with Gasteiger partial charge in [-0.2, -0.15) is 0 Å². The van der Waals surface area contributed by atoms with Gasteiger partial charge in [0.1, 0.15) is 10.7 Å². The highest BCUT2D eigenvalue weighted by Crippen LogP contribution is 2.39. The molecule has 2 rings (SSSR count). The number of sulfonamides is 1. The number of primary sulfonamides is 1. The van der Waals surface area contributed by atoms with Gasteiger partial charge in [-0.3, -0.25) is 4.90 Å². The molecule has 0 saturated carbocycles. The number of hydrogen-bond acceptors (Lipinski definition) is 5. The molecule has 26 heavy (non-hydrogen) atoms. The minimum Gasteiger partial charge on any atom is -0.360 e. The Kier molecular flexibility index (Phi) is 6.05. The lowest BCUT2D eigenvalue weighted by molar-refractivity contribution is 0.0670. The molecule has 1 fully saturated rings. The molecular formula is C19H34N4O2S. The zero-order valence-corrected chi connectivity index (χ0v) is 17.8. The molecule has 1 aromatic rings. The normalized spacial score (nSPS) is 21.1. The molecule has 0 bridgehead atoms. The van der Waals surface area contributed by atoms with Gasteiger partial charge in [-0.05, 0) is 71.9 Å². The molecule has 0 aliphatic carbocycles. The maximum absolute atomic E-state index is 11.3. The highest BCUT2D eigenvalue weighted by atomic mass is 32.2. The van der Waals surface area contributed by atoms with E-state index < -0.39 is 10.0 Å². The van der Waals surface area contributed by atoms with Crippen LogP contribution in [-0.2, 0) is 10.0 Å². The number of pyridine rings is 1. The third-order valence-corrected chi connectivity index (χ3v) is 6.21. The lowest BCUT2D eigenvalue weighted by atomic mass is 9.92. The van der Waals surface area contributed by atoms with Crippen molar-refractivity contribution in [3.8, 4) is 0 Å². The second-order valence-corrected chi connectivity index (χ2v) is 10.7. The number of aromatic nitrogens is 1. The Morgan fingerprint density at radius 2 is 2.00 bits per heavy atom. The van der Waals surface area contributed by atoms with Crippen LogP contribution in [0, 0.1) is 5.92 Å². The predicted molar refractivity (Wildman–Crippen MR) is 107 cm³/mol. The Labute approximate surface area is 158 Å². The number of nitrogens with zero attached hydrogens (tertiary/aromatic N) is 3. The minimum atomic E-state index is -3.69. The van der Waals surface area contributed by atoms with Gasteiger partial charge in [-0.1, -0.05) is 0 Å². The molecule has 0 aromatic carbocycles. The summed E-state index contributed by atoms with van der Waals surface area (Å²) in [5.41, 5.74) is 0.448. The molecule has 0 spiro atoms. The highest BCUT2D eigenvalue weighted by molar-refractivity contribution is 7.89. The monoisotopic (exact) mass is 382 g/mol. The van der Waals surface area contributed by atoms with E-state index in [0.717, 1.165) is 31.2 Å². The van der Waals surface area contributed by atoms with E-state index >= 15 is 0 Å². The highest BCUT2D eigenvalue weighted by Gasteiger charge is 2.42. The molecule has 1 saturated heterocycles. The van der Waals surface area contributed by atoms with Crippen LogP contribution in [0.25, 0.3) is 0 Å². The Morgan fingerprint density at radius 1 is 1.35 bits per heavy atom. The molecule has 7 heteroatoms. The summed E-state index contributed by atoms with van der Waals surface area (Å²) in [6, 6.07) is 3.22. The van der Waals surface area contributed by atoms with Crippen molar-refractivity contribution in [3.63, 3.8) is 0 Å². The summed E-state index contributed by atoms with van der Waals surface area (Å²) in [5.74, 6) is 1.48. The molecule has 1 atom stereocenters. The number of likely N-dealkylation sites (tertiary alicyclic amines) is 1. The molecule has 1 unspecified atom stereocenters. The van der Waals surface area contributed by atoms with Gasteiger partial charge in [0, 0.05) is 37.4 Å². The standard InChI is InChI=1S/C19H34N4O2S/c1-18(2,3)23-14-15(12-19(23,4)5)8-7-11-22(6)17-10-9-16(13-21-17)26(20,24)25/h9-10,13,15H,7-8,11-12,14H2,1-6H3,(H2,20,24,25). The van der Waals surface area contributed by atoms with Gasteiger partial charge in [-0.15, -0.1) is 0 Å². The fraction of sp³-hybridized carbons (Fsp3) is 0.737. The average Bonchev–Trinajstić information content (AvgIpc) is 2.81. The van der Waals surface area contributed by atoms with Gasteiger partial charge < -0.3 is 4.90 Å². The fourth-order valence-electron chi connectivity index (χ4n) is 4.26. The molecule has 148 valence electrons. The van der Waals surface area contributed by atoms with Crippen molar-refractivity contribution in [2.24, 2.45) is 11.1 Å². The van der Waals surface area contributed by atoms with Crippen molar-refractivity contribution >= 4 is 15.8 Å². The van der Waals surface area contributed by atoms with Gasteiger partial charge in [0.05, 0.1) is 0 Å². The van der Waals surface area contributed by atoms with Crippen LogP contribution in [0.2, 0.25) is 0 Å². The number of nitrogens with two attached hydrogens (primary N) is 1. The van der Waals surface area contributed by atoms with Crippen LogP contribution in [-0.4, -0.2) is 49.5 Å². The van der Waals surface area contributed by atoms with E-state index in [2.05, 4.69) is 49.4 Å². The van der Waals surface area contributed by atoms with Gasteiger partial charge in [0.15, 0.2) is 0 Å². The molecule has 6 nitrogen and oxygen atoms in total. The average molecular weight is 383 g/mol. The van der Waals surface area contributed by atoms with Gasteiger partial charge >= 0.3 is 0 Å². The third kappa shape index (κ3) is 5.18. The van der Waals surface area contributed by atoms with Crippen LogP contribution in [0.15, 0.2) is 23.2 Å². The van der Waals surface area contributed by atoms with E-state index in [9.17, 15) is 8.42 Å². The van der Waals surface area contributed by atoms with E-state index in [1.54, 1.807) is 6.07 Å². The van der Waals surface area contributed by atoms with Crippen LogP contribution < -0.4 is 10.0 Å². The first-order valence-electron chi connectivity index (χ1n) is 9.28. The smallest absolute Gasteiger partial charge is 0.239 e. The quantitative estimate of drug-likeness (QED) is 0.818. The Balaban J connectivity index is 1.86. The zero-order valence-electron chi connectivity index (χ0n) is 17.0. The topological polar surface area (TPSA) is 79.5 Å². The van der Waals surface area contributed by atoms with E-state index in [1.165, 1.54) is 25.1 Å². The van der Waals surface area contributed by atoms with Crippen molar-refractivity contribution in [1.29, 1.82) is 0 Å². The first-order valence-corrected chi connectivity index (χ1v) is 10.8. The number of anilines is 1. The minimum absolute atomic E-state index is 0.0464. The summed E-state index contributed by atoms with van der Waals surface area (Å²) in [6.45, 7) is 13.6. The molecule has 0 radical (unpaired) electrons. The number of rotatable bonds is 6. The lowest BCUT2D eigenvalue weighted by Gasteiger charge is -2.42. The van der Waals surface area contributed by atoms with Crippen molar-refractivity contribution in [1.82, 2.24) is 9.88 Å². The van der Waals surface area contributed by atoms with Gasteiger partial charge in [0.2, 0.25) is 10.0 Å². The summed E-state index contributed by atoms with van der Waals surface area (Å²) in [7, 11) is -1.70. The van der Waals surface area contributed by atoms with Gasteiger partial charge in [0.25, 0.3) is 0 Å². The van der Waals surface area contributed by atoms with E-state index in [-0.39, 0.29) is 16.0 Å². The van der Waals surface area contributed by atoms with Crippen LogP contribution in [0.1, 0.15) is 53.9 Å². The molecule has 1 aliphatic heterocycles. The first-order chi connectivity index (χ1) is 11.8. The summed E-state index contributed by atoms with van der Waals surface area (Å²) in [6.07, 6.45) is 4.83. The predicted octanol–water partition coefficient (Wildman–Crippen LogP) is 2.84. The third-order valence-electron chi connectivity index (χ3n) is 5.32. The molecule has 1 aromatic heterocycles. The summed E-state index contributed by atoms with van der Waals surface area (Å²) in [4.78, 5) is 8.96. The zero-order chi connectivity index (χ0) is 19.8. The second kappa shape index (κ2) is 7.44. The van der Waals surface area contributed by atoms with Crippen LogP contribution in [0.5, 0.6) is 0 Å². The van der Waals surface area contributed by atoms with E-state index in [0.29, 0.717) is 0 Å². The largest absolute Gasteiger partial charge is 0.360 e. The van der Waals surface area contributed by atoms with Crippen molar-refractivity contribution in [2.45, 2.75) is 69.9 Å². The Hall–Kier alpha value is -1.18. The van der Waals surface area contributed by atoms with E-state index in [4.69, 9.17) is 5.14 Å². The summed E-state index contributed by atoms with van der Waals surface area (Å²) >= 11 is 0. The maximum atomic E-state index is 11.3. The molecular weight excluding hydrogens is 348 g/mol. The molecule has 1 aliphatic rings. The maximum Gasteiger partial charge on any atom is 0.239 e. The second-order valence-electron chi connectivity index (χ2n) is 9.12. The van der Waals surface area contributed by atoms with Crippen LogP contribution in [0.3, 0.4) is 0 Å². The molecule has 0 amide bonds. The lowest BCUT2D eigenvalue weighted by Crippen LogP contribution is -2.50. The van der Waals surface area contributed by atoms with Crippen molar-refractivity contribution < 1.29 is 8.42 Å². The SMILES string of the molecule is CN(CCCC1CN(C(C)(C)C)C(C)(C)C1)c1ccc(S(N)(=O)=O)cn1. The van der Waals surface area contributed by atoms with E-state index in [1.807, 2.05) is 7.05 Å². The first kappa shape index (κ1) is 21.1. The summed E-state index contributed by atoms with van der Waals surface area (Å²) < 4.78 is 22.6.